The van der Waals surface area contributed by atoms with E-state index >= 15 is 0 Å². The highest BCUT2D eigenvalue weighted by molar-refractivity contribution is 5.47. The molecule has 4 rings (SSSR count). The maximum atomic E-state index is 13.0. The van der Waals surface area contributed by atoms with Crippen molar-refractivity contribution >= 4 is 5.69 Å². The Balaban J connectivity index is 1.82. The van der Waals surface area contributed by atoms with E-state index in [-0.39, 0.29) is 5.82 Å². The number of rotatable bonds is 1. The lowest BCUT2D eigenvalue weighted by Crippen LogP contribution is -2.57. The number of fused-ring (bicyclic) bond motifs is 2. The molecule has 3 aliphatic heterocycles. The third-order valence-corrected chi connectivity index (χ3v) is 2.93. The van der Waals surface area contributed by atoms with E-state index in [9.17, 15) is 4.39 Å². The predicted molar refractivity (Wildman–Crippen MR) is 51.9 cm³/mol. The predicted octanol–water partition coefficient (Wildman–Crippen LogP) is 1.80. The zero-order chi connectivity index (χ0) is 9.54. The molecule has 0 aromatic heterocycles. The fourth-order valence-electron chi connectivity index (χ4n) is 2.24. The van der Waals surface area contributed by atoms with Gasteiger partial charge in [0.2, 0.25) is 0 Å². The summed E-state index contributed by atoms with van der Waals surface area (Å²) in [6, 6.07) is 6.77. The Kier molecular flexibility index (Phi) is 1.74. The third kappa shape index (κ3) is 1.28. The summed E-state index contributed by atoms with van der Waals surface area (Å²) in [5.74, 6) is -0.164. The van der Waals surface area contributed by atoms with Crippen molar-refractivity contribution in [3.63, 3.8) is 0 Å². The van der Waals surface area contributed by atoms with E-state index in [1.54, 1.807) is 12.1 Å². The van der Waals surface area contributed by atoms with Crippen molar-refractivity contribution in [3.05, 3.63) is 30.1 Å². The first-order valence-electron chi connectivity index (χ1n) is 4.97. The molecule has 3 aliphatic rings. The van der Waals surface area contributed by atoms with Gasteiger partial charge in [0.25, 0.3) is 0 Å². The molecule has 14 heavy (non-hydrogen) atoms. The molecule has 0 spiro atoms. The van der Waals surface area contributed by atoms with Gasteiger partial charge in [-0.3, -0.25) is 0 Å². The first-order valence-corrected chi connectivity index (χ1v) is 4.97. The number of halogens is 1. The highest BCUT2D eigenvalue weighted by Gasteiger charge is 2.38. The average Bonchev–Trinajstić information content (AvgIpc) is 2.17. The lowest BCUT2D eigenvalue weighted by Gasteiger charge is -2.48. The van der Waals surface area contributed by atoms with Gasteiger partial charge >= 0.3 is 0 Å². The first kappa shape index (κ1) is 8.24. The molecule has 0 aliphatic carbocycles. The molecule has 3 heteroatoms. The van der Waals surface area contributed by atoms with Crippen LogP contribution in [0.2, 0.25) is 0 Å². The number of hydrogen-bond acceptors (Lipinski definition) is 2. The minimum Gasteiger partial charge on any atom is -0.371 e. The molecular weight excluding hydrogens is 181 g/mol. The van der Waals surface area contributed by atoms with E-state index < -0.39 is 0 Å². The van der Waals surface area contributed by atoms with E-state index in [0.29, 0.717) is 12.2 Å². The minimum absolute atomic E-state index is 0.164. The van der Waals surface area contributed by atoms with Gasteiger partial charge in [-0.25, -0.2) is 4.39 Å². The highest BCUT2D eigenvalue weighted by Crippen LogP contribution is 2.31. The van der Waals surface area contributed by atoms with Crippen LogP contribution in [-0.2, 0) is 4.74 Å². The maximum Gasteiger partial charge on any atom is 0.125 e. The lowest BCUT2D eigenvalue weighted by molar-refractivity contribution is -0.133. The van der Waals surface area contributed by atoms with Gasteiger partial charge in [-0.05, 0) is 18.2 Å². The molecule has 0 N–H and O–H groups in total. The SMILES string of the molecule is Fc1cccc(N2CC3CC(C2)O3)c1. The zero-order valence-electron chi connectivity index (χ0n) is 7.82. The summed E-state index contributed by atoms with van der Waals surface area (Å²) in [6.45, 7) is 1.81. The van der Waals surface area contributed by atoms with Gasteiger partial charge in [0, 0.05) is 25.2 Å². The lowest BCUT2D eigenvalue weighted by atomic mass is 9.98. The summed E-state index contributed by atoms with van der Waals surface area (Å²) in [5.41, 5.74) is 0.975. The second kappa shape index (κ2) is 2.95. The van der Waals surface area contributed by atoms with Crippen LogP contribution in [0.15, 0.2) is 24.3 Å². The van der Waals surface area contributed by atoms with Crippen molar-refractivity contribution in [1.82, 2.24) is 0 Å². The van der Waals surface area contributed by atoms with Crippen LogP contribution in [0.1, 0.15) is 6.42 Å². The number of nitrogens with zero attached hydrogens (tertiary/aromatic N) is 1. The number of anilines is 1. The molecule has 3 saturated heterocycles. The number of piperidine rings is 1. The van der Waals surface area contributed by atoms with Gasteiger partial charge in [0.1, 0.15) is 5.82 Å². The molecule has 2 atom stereocenters. The van der Waals surface area contributed by atoms with Crippen molar-refractivity contribution in [2.45, 2.75) is 18.6 Å². The molecule has 2 bridgehead atoms. The molecule has 0 radical (unpaired) electrons. The standard InChI is InChI=1S/C11H12FNO/c12-8-2-1-3-9(4-8)13-6-10-5-11(7-13)14-10/h1-4,10-11H,5-7H2. The van der Waals surface area contributed by atoms with Gasteiger partial charge in [0.05, 0.1) is 12.2 Å². The van der Waals surface area contributed by atoms with Gasteiger partial charge < -0.3 is 9.64 Å². The summed E-state index contributed by atoms with van der Waals surface area (Å²) >= 11 is 0. The molecule has 1 aromatic rings. The molecule has 2 nitrogen and oxygen atoms in total. The second-order valence-electron chi connectivity index (χ2n) is 4.00. The quantitative estimate of drug-likeness (QED) is 0.674. The Labute approximate surface area is 82.3 Å². The van der Waals surface area contributed by atoms with Crippen LogP contribution in [0.25, 0.3) is 0 Å². The van der Waals surface area contributed by atoms with E-state index in [2.05, 4.69) is 4.90 Å². The van der Waals surface area contributed by atoms with Crippen LogP contribution in [0, 0.1) is 5.82 Å². The Morgan fingerprint density at radius 3 is 2.64 bits per heavy atom. The van der Waals surface area contributed by atoms with Crippen molar-refractivity contribution in [2.75, 3.05) is 18.0 Å². The molecule has 0 saturated carbocycles. The molecule has 74 valence electrons. The summed E-state index contributed by atoms with van der Waals surface area (Å²) in [5, 5.41) is 0. The highest BCUT2D eigenvalue weighted by atomic mass is 19.1. The minimum atomic E-state index is -0.164. The second-order valence-corrected chi connectivity index (χ2v) is 4.00. The largest absolute Gasteiger partial charge is 0.371 e. The summed E-state index contributed by atoms with van der Waals surface area (Å²) in [4.78, 5) is 2.20. The van der Waals surface area contributed by atoms with Crippen molar-refractivity contribution in [3.8, 4) is 0 Å². The van der Waals surface area contributed by atoms with Gasteiger partial charge in [0.15, 0.2) is 0 Å². The Morgan fingerprint density at radius 2 is 2.00 bits per heavy atom. The summed E-state index contributed by atoms with van der Waals surface area (Å²) < 4.78 is 18.5. The summed E-state index contributed by atoms with van der Waals surface area (Å²) in [7, 11) is 0. The van der Waals surface area contributed by atoms with Crippen molar-refractivity contribution < 1.29 is 9.13 Å². The van der Waals surface area contributed by atoms with Crippen LogP contribution in [0.3, 0.4) is 0 Å². The van der Waals surface area contributed by atoms with E-state index in [4.69, 9.17) is 4.74 Å². The Morgan fingerprint density at radius 1 is 1.29 bits per heavy atom. The van der Waals surface area contributed by atoms with Gasteiger partial charge in [-0.15, -0.1) is 0 Å². The van der Waals surface area contributed by atoms with E-state index in [1.165, 1.54) is 12.5 Å². The van der Waals surface area contributed by atoms with Crippen molar-refractivity contribution in [2.24, 2.45) is 0 Å². The number of morpholine rings is 1. The first-order chi connectivity index (χ1) is 6.81. The average molecular weight is 193 g/mol. The number of ether oxygens (including phenoxy) is 1. The molecule has 2 unspecified atom stereocenters. The smallest absolute Gasteiger partial charge is 0.125 e. The maximum absolute atomic E-state index is 13.0. The van der Waals surface area contributed by atoms with Crippen LogP contribution in [0.4, 0.5) is 10.1 Å². The zero-order valence-corrected chi connectivity index (χ0v) is 7.82. The molecular formula is C11H12FNO. The van der Waals surface area contributed by atoms with E-state index in [1.807, 2.05) is 6.07 Å². The summed E-state index contributed by atoms with van der Waals surface area (Å²) in [6.07, 6.45) is 1.92. The Hall–Kier alpha value is -1.09. The van der Waals surface area contributed by atoms with Gasteiger partial charge in [-0.2, -0.15) is 0 Å². The number of benzene rings is 1. The van der Waals surface area contributed by atoms with E-state index in [0.717, 1.165) is 18.8 Å². The molecule has 3 fully saturated rings. The molecule has 1 aromatic carbocycles. The normalized spacial score (nSPS) is 29.9. The fourth-order valence-corrected chi connectivity index (χ4v) is 2.24. The molecule has 3 heterocycles. The van der Waals surface area contributed by atoms with Gasteiger partial charge in [-0.1, -0.05) is 6.07 Å². The third-order valence-electron chi connectivity index (χ3n) is 2.93. The Bertz CT molecular complexity index is 339. The topological polar surface area (TPSA) is 12.5 Å². The monoisotopic (exact) mass is 193 g/mol. The number of hydrogen-bond donors (Lipinski definition) is 0. The van der Waals surface area contributed by atoms with Crippen LogP contribution in [0.5, 0.6) is 0 Å². The molecule has 0 amide bonds. The fraction of sp³-hybridized carbons (Fsp3) is 0.455. The van der Waals surface area contributed by atoms with Crippen LogP contribution in [-0.4, -0.2) is 25.3 Å². The van der Waals surface area contributed by atoms with Crippen LogP contribution < -0.4 is 4.90 Å². The van der Waals surface area contributed by atoms with Crippen LogP contribution >= 0.6 is 0 Å². The van der Waals surface area contributed by atoms with Crippen molar-refractivity contribution in [1.29, 1.82) is 0 Å².